The molecule has 0 bridgehead atoms. The fourth-order valence-corrected chi connectivity index (χ4v) is 2.81. The maximum absolute atomic E-state index is 13.5. The lowest BCUT2D eigenvalue weighted by molar-refractivity contribution is 0.297. The summed E-state index contributed by atoms with van der Waals surface area (Å²) in [5.41, 5.74) is 6.97. The summed E-state index contributed by atoms with van der Waals surface area (Å²) in [5, 5.41) is 0. The number of rotatable bonds is 1. The molecule has 0 radical (unpaired) electrons. The zero-order chi connectivity index (χ0) is 12.6. The second-order valence-electron chi connectivity index (χ2n) is 5.38. The molecule has 0 saturated carbocycles. The molecule has 94 valence electrons. The minimum absolute atomic E-state index is 0.278. The number of benzene rings is 1. The van der Waals surface area contributed by atoms with Gasteiger partial charge in [0.15, 0.2) is 0 Å². The fraction of sp³-hybridized carbons (Fsp3) is 0.571. The van der Waals surface area contributed by atoms with Gasteiger partial charge in [-0.3, -0.25) is 0 Å². The van der Waals surface area contributed by atoms with Crippen molar-refractivity contribution in [1.29, 1.82) is 0 Å². The van der Waals surface area contributed by atoms with Gasteiger partial charge in [-0.25, -0.2) is 4.39 Å². The van der Waals surface area contributed by atoms with Gasteiger partial charge in [0.1, 0.15) is 5.82 Å². The third kappa shape index (κ3) is 2.24. The van der Waals surface area contributed by atoms with Crippen LogP contribution in [-0.2, 0) is 0 Å². The van der Waals surface area contributed by atoms with Crippen molar-refractivity contribution in [2.24, 2.45) is 11.8 Å². The van der Waals surface area contributed by atoms with Gasteiger partial charge in [0.05, 0.1) is 11.4 Å². The lowest BCUT2D eigenvalue weighted by Gasteiger charge is -2.43. The quantitative estimate of drug-likeness (QED) is 0.758. The number of piperidine rings is 1. The lowest BCUT2D eigenvalue weighted by atomic mass is 9.85. The minimum atomic E-state index is -0.319. The first-order valence-corrected chi connectivity index (χ1v) is 6.31. The Morgan fingerprint density at radius 1 is 1.29 bits per heavy atom. The number of nitrogens with two attached hydrogens (primary N) is 1. The van der Waals surface area contributed by atoms with E-state index in [0.717, 1.165) is 12.2 Å². The molecule has 3 heteroatoms. The number of nitrogens with zero attached hydrogens (tertiary/aromatic N) is 1. The Morgan fingerprint density at radius 3 is 2.71 bits per heavy atom. The summed E-state index contributed by atoms with van der Waals surface area (Å²) >= 11 is 0. The van der Waals surface area contributed by atoms with E-state index < -0.39 is 0 Å². The van der Waals surface area contributed by atoms with E-state index in [9.17, 15) is 4.39 Å². The molecule has 0 amide bonds. The zero-order valence-corrected chi connectivity index (χ0v) is 10.8. The summed E-state index contributed by atoms with van der Waals surface area (Å²) in [4.78, 5) is 2.25. The molecule has 0 aromatic heterocycles. The predicted molar refractivity (Wildman–Crippen MR) is 70.6 cm³/mol. The maximum Gasteiger partial charge on any atom is 0.148 e. The highest BCUT2D eigenvalue weighted by atomic mass is 19.1. The predicted octanol–water partition coefficient (Wildman–Crippen LogP) is 3.28. The second-order valence-corrected chi connectivity index (χ2v) is 5.38. The van der Waals surface area contributed by atoms with Crippen molar-refractivity contribution in [3.63, 3.8) is 0 Å². The van der Waals surface area contributed by atoms with Crippen molar-refractivity contribution in [1.82, 2.24) is 0 Å². The summed E-state index contributed by atoms with van der Waals surface area (Å²) in [6.07, 6.45) is 1.23. The van der Waals surface area contributed by atoms with Crippen LogP contribution in [0.5, 0.6) is 0 Å². The molecule has 1 fully saturated rings. The highest BCUT2D eigenvalue weighted by molar-refractivity contribution is 5.68. The van der Waals surface area contributed by atoms with Crippen LogP contribution in [0.25, 0.3) is 0 Å². The summed E-state index contributed by atoms with van der Waals surface area (Å²) in [6.45, 7) is 7.65. The molecule has 2 N–H and O–H groups in total. The molecule has 0 aliphatic carbocycles. The molecule has 3 atom stereocenters. The molecule has 2 rings (SSSR count). The van der Waals surface area contributed by atoms with E-state index in [0.29, 0.717) is 17.9 Å². The van der Waals surface area contributed by atoms with Crippen molar-refractivity contribution in [2.75, 3.05) is 17.2 Å². The molecular weight excluding hydrogens is 215 g/mol. The third-order valence-corrected chi connectivity index (χ3v) is 3.94. The standard InChI is InChI=1S/C14H21FN2/c1-9-7-10(2)11(3)17(8-9)13-6-4-5-12(15)14(13)16/h4-6,9-11H,7-8,16H2,1-3H3. The van der Waals surface area contributed by atoms with Crippen LogP contribution in [0, 0.1) is 17.7 Å². The van der Waals surface area contributed by atoms with Gasteiger partial charge in [-0.1, -0.05) is 19.9 Å². The van der Waals surface area contributed by atoms with Crippen molar-refractivity contribution in [3.05, 3.63) is 24.0 Å². The van der Waals surface area contributed by atoms with Gasteiger partial charge in [0.25, 0.3) is 0 Å². The first kappa shape index (κ1) is 12.2. The Kier molecular flexibility index (Phi) is 3.27. The molecular formula is C14H21FN2. The van der Waals surface area contributed by atoms with Gasteiger partial charge >= 0.3 is 0 Å². The fourth-order valence-electron chi connectivity index (χ4n) is 2.81. The first-order valence-electron chi connectivity index (χ1n) is 6.31. The molecule has 17 heavy (non-hydrogen) atoms. The zero-order valence-electron chi connectivity index (χ0n) is 10.8. The highest BCUT2D eigenvalue weighted by Crippen LogP contribution is 2.34. The Balaban J connectivity index is 2.34. The van der Waals surface area contributed by atoms with Crippen LogP contribution >= 0.6 is 0 Å². The molecule has 0 spiro atoms. The Morgan fingerprint density at radius 2 is 2.00 bits per heavy atom. The van der Waals surface area contributed by atoms with Gasteiger partial charge in [-0.05, 0) is 37.3 Å². The second kappa shape index (κ2) is 4.55. The van der Waals surface area contributed by atoms with Crippen molar-refractivity contribution in [3.8, 4) is 0 Å². The summed E-state index contributed by atoms with van der Waals surface area (Å²) in [6, 6.07) is 5.48. The summed E-state index contributed by atoms with van der Waals surface area (Å²) in [5.74, 6) is 0.922. The van der Waals surface area contributed by atoms with Gasteiger partial charge in [0, 0.05) is 12.6 Å². The third-order valence-electron chi connectivity index (χ3n) is 3.94. The highest BCUT2D eigenvalue weighted by Gasteiger charge is 2.30. The van der Waals surface area contributed by atoms with Crippen LogP contribution in [0.4, 0.5) is 15.8 Å². The number of halogens is 1. The molecule has 2 nitrogen and oxygen atoms in total. The van der Waals surface area contributed by atoms with E-state index in [1.54, 1.807) is 6.07 Å². The largest absolute Gasteiger partial charge is 0.395 e. The average Bonchev–Trinajstić information content (AvgIpc) is 2.27. The monoisotopic (exact) mass is 236 g/mol. The minimum Gasteiger partial charge on any atom is -0.395 e. The summed E-state index contributed by atoms with van der Waals surface area (Å²) < 4.78 is 13.5. The SMILES string of the molecule is CC1CC(C)C(C)N(c2cccc(F)c2N)C1. The van der Waals surface area contributed by atoms with E-state index in [1.165, 1.54) is 12.5 Å². The van der Waals surface area contributed by atoms with E-state index in [2.05, 4.69) is 25.7 Å². The van der Waals surface area contributed by atoms with Gasteiger partial charge in [-0.15, -0.1) is 0 Å². The summed E-state index contributed by atoms with van der Waals surface area (Å²) in [7, 11) is 0. The lowest BCUT2D eigenvalue weighted by Crippen LogP contribution is -2.46. The maximum atomic E-state index is 13.5. The van der Waals surface area contributed by atoms with Gasteiger partial charge in [0.2, 0.25) is 0 Å². The van der Waals surface area contributed by atoms with E-state index in [4.69, 9.17) is 5.73 Å². The van der Waals surface area contributed by atoms with Crippen LogP contribution in [0.3, 0.4) is 0 Å². The molecule has 1 aromatic carbocycles. The molecule has 1 saturated heterocycles. The van der Waals surface area contributed by atoms with Crippen LogP contribution in [0.2, 0.25) is 0 Å². The van der Waals surface area contributed by atoms with Crippen molar-refractivity contribution >= 4 is 11.4 Å². The number of hydrogen-bond acceptors (Lipinski definition) is 2. The van der Waals surface area contributed by atoms with Crippen LogP contribution in [-0.4, -0.2) is 12.6 Å². The van der Waals surface area contributed by atoms with E-state index in [1.807, 2.05) is 6.07 Å². The van der Waals surface area contributed by atoms with Gasteiger partial charge in [-0.2, -0.15) is 0 Å². The van der Waals surface area contributed by atoms with Crippen molar-refractivity contribution < 1.29 is 4.39 Å². The van der Waals surface area contributed by atoms with Crippen LogP contribution < -0.4 is 10.6 Å². The van der Waals surface area contributed by atoms with Crippen LogP contribution in [0.15, 0.2) is 18.2 Å². The molecule has 1 heterocycles. The topological polar surface area (TPSA) is 29.3 Å². The smallest absolute Gasteiger partial charge is 0.148 e. The van der Waals surface area contributed by atoms with E-state index in [-0.39, 0.29) is 11.5 Å². The number of para-hydroxylation sites is 1. The molecule has 1 aliphatic heterocycles. The Labute approximate surface area is 103 Å². The number of anilines is 2. The van der Waals surface area contributed by atoms with E-state index >= 15 is 0 Å². The van der Waals surface area contributed by atoms with Gasteiger partial charge < -0.3 is 10.6 Å². The first-order chi connectivity index (χ1) is 8.00. The molecule has 1 aliphatic rings. The Hall–Kier alpha value is -1.25. The number of nitrogen functional groups attached to an aromatic ring is 1. The molecule has 1 aromatic rings. The van der Waals surface area contributed by atoms with Crippen LogP contribution in [0.1, 0.15) is 27.2 Å². The van der Waals surface area contributed by atoms with Crippen molar-refractivity contribution in [2.45, 2.75) is 33.2 Å². The number of hydrogen-bond donors (Lipinski definition) is 1. The average molecular weight is 236 g/mol. The molecule has 3 unspecified atom stereocenters. The normalized spacial score (nSPS) is 29.4. The Bertz CT molecular complexity index is 405.